The van der Waals surface area contributed by atoms with Gasteiger partial charge in [-0.1, -0.05) is 37.3 Å². The number of para-hydroxylation sites is 2. The van der Waals surface area contributed by atoms with Gasteiger partial charge in [0.1, 0.15) is 5.75 Å². The summed E-state index contributed by atoms with van der Waals surface area (Å²) in [4.78, 5) is 38.8. The van der Waals surface area contributed by atoms with E-state index in [1.807, 2.05) is 43.3 Å². The van der Waals surface area contributed by atoms with Crippen molar-refractivity contribution >= 4 is 29.2 Å². The third-order valence-electron chi connectivity index (χ3n) is 5.16. The average Bonchev–Trinajstić information content (AvgIpc) is 2.85. The van der Waals surface area contributed by atoms with Crippen LogP contribution in [-0.2, 0) is 16.1 Å². The highest BCUT2D eigenvalue weighted by atomic mass is 16.5. The third kappa shape index (κ3) is 5.20. The highest BCUT2D eigenvalue weighted by molar-refractivity contribution is 6.05. The van der Waals surface area contributed by atoms with E-state index < -0.39 is 5.97 Å². The van der Waals surface area contributed by atoms with Gasteiger partial charge < -0.3 is 19.7 Å². The predicted octanol–water partition coefficient (Wildman–Crippen LogP) is 4.43. The number of esters is 1. The lowest BCUT2D eigenvalue weighted by Crippen LogP contribution is -2.38. The number of nitrogens with one attached hydrogen (secondary N) is 1. The SMILES string of the molecule is CCCOC(=O)c1cccc(NC(=O)c2ccc(CN3C(=O)COc4ccccc43)cc2)c1. The molecule has 33 heavy (non-hydrogen) atoms. The minimum atomic E-state index is -0.420. The van der Waals surface area contributed by atoms with E-state index in [4.69, 9.17) is 9.47 Å². The van der Waals surface area contributed by atoms with Crippen LogP contribution in [0.15, 0.2) is 72.8 Å². The molecule has 0 saturated heterocycles. The fourth-order valence-corrected chi connectivity index (χ4v) is 3.48. The van der Waals surface area contributed by atoms with Crippen molar-refractivity contribution in [2.45, 2.75) is 19.9 Å². The number of carbonyl (C=O) groups is 3. The molecule has 1 aliphatic rings. The van der Waals surface area contributed by atoms with E-state index in [1.165, 1.54) is 0 Å². The van der Waals surface area contributed by atoms with Crippen molar-refractivity contribution in [3.63, 3.8) is 0 Å². The summed E-state index contributed by atoms with van der Waals surface area (Å²) in [5.41, 5.74) is 2.97. The first kappa shape index (κ1) is 22.1. The lowest BCUT2D eigenvalue weighted by atomic mass is 10.1. The van der Waals surface area contributed by atoms with Crippen LogP contribution in [0, 0.1) is 0 Å². The molecule has 3 aromatic carbocycles. The molecule has 0 unspecified atom stereocenters. The summed E-state index contributed by atoms with van der Waals surface area (Å²) in [6.45, 7) is 2.65. The number of benzene rings is 3. The topological polar surface area (TPSA) is 84.9 Å². The van der Waals surface area contributed by atoms with Crippen molar-refractivity contribution < 1.29 is 23.9 Å². The maximum absolute atomic E-state index is 12.7. The van der Waals surface area contributed by atoms with Gasteiger partial charge in [-0.15, -0.1) is 0 Å². The molecule has 0 bridgehead atoms. The van der Waals surface area contributed by atoms with Crippen LogP contribution in [0.4, 0.5) is 11.4 Å². The fraction of sp³-hybridized carbons (Fsp3) is 0.192. The van der Waals surface area contributed by atoms with Gasteiger partial charge in [0.25, 0.3) is 11.8 Å². The standard InChI is InChI=1S/C26H24N2O5/c1-2-14-32-26(31)20-6-5-7-21(15-20)27-25(30)19-12-10-18(11-13-19)16-28-22-8-3-4-9-23(22)33-17-24(28)29/h3-13,15H,2,14,16-17H2,1H3,(H,27,30). The molecular formula is C26H24N2O5. The number of rotatable bonds is 7. The molecule has 0 radical (unpaired) electrons. The molecule has 168 valence electrons. The summed E-state index contributed by atoms with van der Waals surface area (Å²) in [6, 6.07) is 21.1. The van der Waals surface area contributed by atoms with Crippen molar-refractivity contribution in [2.75, 3.05) is 23.4 Å². The predicted molar refractivity (Wildman–Crippen MR) is 125 cm³/mol. The molecule has 0 saturated carbocycles. The Labute approximate surface area is 191 Å². The van der Waals surface area contributed by atoms with Gasteiger partial charge in [0.15, 0.2) is 6.61 Å². The Kier molecular flexibility index (Phi) is 6.69. The lowest BCUT2D eigenvalue weighted by molar-refractivity contribution is -0.121. The van der Waals surface area contributed by atoms with Crippen LogP contribution in [0.2, 0.25) is 0 Å². The molecule has 4 rings (SSSR count). The number of hydrogen-bond donors (Lipinski definition) is 1. The Balaban J connectivity index is 1.42. The molecule has 7 heteroatoms. The molecule has 0 spiro atoms. The molecular weight excluding hydrogens is 420 g/mol. The Bertz CT molecular complexity index is 1170. The first-order valence-electron chi connectivity index (χ1n) is 10.7. The molecule has 0 aliphatic carbocycles. The van der Waals surface area contributed by atoms with E-state index in [1.54, 1.807) is 41.3 Å². The Hall–Kier alpha value is -4.13. The number of ether oxygens (including phenoxy) is 2. The van der Waals surface area contributed by atoms with E-state index in [-0.39, 0.29) is 18.4 Å². The number of nitrogens with zero attached hydrogens (tertiary/aromatic N) is 1. The molecule has 0 aromatic heterocycles. The maximum atomic E-state index is 12.7. The second kappa shape index (κ2) is 9.99. The van der Waals surface area contributed by atoms with E-state index >= 15 is 0 Å². The number of hydrogen-bond acceptors (Lipinski definition) is 5. The van der Waals surface area contributed by atoms with E-state index in [2.05, 4.69) is 5.32 Å². The van der Waals surface area contributed by atoms with Crippen LogP contribution >= 0.6 is 0 Å². The van der Waals surface area contributed by atoms with Gasteiger partial charge in [0.05, 0.1) is 24.4 Å². The quantitative estimate of drug-likeness (QED) is 0.545. The second-order valence-corrected chi connectivity index (χ2v) is 7.60. The van der Waals surface area contributed by atoms with E-state index in [0.29, 0.717) is 35.7 Å². The normalized spacial score (nSPS) is 12.5. The number of anilines is 2. The Morgan fingerprint density at radius 2 is 1.79 bits per heavy atom. The van der Waals surface area contributed by atoms with Crippen LogP contribution in [0.5, 0.6) is 5.75 Å². The summed E-state index contributed by atoms with van der Waals surface area (Å²) in [5.74, 6) is -0.160. The van der Waals surface area contributed by atoms with Gasteiger partial charge in [-0.25, -0.2) is 4.79 Å². The van der Waals surface area contributed by atoms with Crippen molar-refractivity contribution in [1.29, 1.82) is 0 Å². The largest absolute Gasteiger partial charge is 0.482 e. The zero-order valence-electron chi connectivity index (χ0n) is 18.2. The Morgan fingerprint density at radius 1 is 1.00 bits per heavy atom. The molecule has 1 N–H and O–H groups in total. The molecule has 0 fully saturated rings. The lowest BCUT2D eigenvalue weighted by Gasteiger charge is -2.29. The molecule has 3 aromatic rings. The molecule has 2 amide bonds. The van der Waals surface area contributed by atoms with Crippen LogP contribution in [-0.4, -0.2) is 31.0 Å². The highest BCUT2D eigenvalue weighted by Gasteiger charge is 2.25. The van der Waals surface area contributed by atoms with Crippen LogP contribution < -0.4 is 15.0 Å². The summed E-state index contributed by atoms with van der Waals surface area (Å²) in [5, 5.41) is 2.80. The van der Waals surface area contributed by atoms with Gasteiger partial charge in [-0.2, -0.15) is 0 Å². The van der Waals surface area contributed by atoms with Crippen LogP contribution in [0.1, 0.15) is 39.6 Å². The molecule has 7 nitrogen and oxygen atoms in total. The maximum Gasteiger partial charge on any atom is 0.338 e. The van der Waals surface area contributed by atoms with Gasteiger partial charge in [-0.3, -0.25) is 9.59 Å². The minimum absolute atomic E-state index is 0.00253. The fourth-order valence-electron chi connectivity index (χ4n) is 3.48. The van der Waals surface area contributed by atoms with E-state index in [9.17, 15) is 14.4 Å². The van der Waals surface area contributed by atoms with Gasteiger partial charge in [0.2, 0.25) is 0 Å². The molecule has 0 atom stereocenters. The number of amides is 2. The average molecular weight is 444 g/mol. The highest BCUT2D eigenvalue weighted by Crippen LogP contribution is 2.32. The molecule has 1 heterocycles. The first-order chi connectivity index (χ1) is 16.0. The third-order valence-corrected chi connectivity index (χ3v) is 5.16. The van der Waals surface area contributed by atoms with Crippen molar-refractivity contribution in [3.05, 3.63) is 89.5 Å². The monoisotopic (exact) mass is 444 g/mol. The zero-order chi connectivity index (χ0) is 23.2. The van der Waals surface area contributed by atoms with Gasteiger partial charge in [-0.05, 0) is 54.4 Å². The first-order valence-corrected chi connectivity index (χ1v) is 10.7. The van der Waals surface area contributed by atoms with Crippen molar-refractivity contribution in [1.82, 2.24) is 0 Å². The minimum Gasteiger partial charge on any atom is -0.482 e. The summed E-state index contributed by atoms with van der Waals surface area (Å²) in [7, 11) is 0. The van der Waals surface area contributed by atoms with Crippen LogP contribution in [0.25, 0.3) is 0 Å². The van der Waals surface area contributed by atoms with Gasteiger partial charge >= 0.3 is 5.97 Å². The summed E-state index contributed by atoms with van der Waals surface area (Å²) < 4.78 is 10.6. The van der Waals surface area contributed by atoms with E-state index in [0.717, 1.165) is 17.7 Å². The van der Waals surface area contributed by atoms with Gasteiger partial charge in [0, 0.05) is 11.3 Å². The second-order valence-electron chi connectivity index (χ2n) is 7.60. The zero-order valence-corrected chi connectivity index (χ0v) is 18.2. The summed E-state index contributed by atoms with van der Waals surface area (Å²) in [6.07, 6.45) is 0.740. The summed E-state index contributed by atoms with van der Waals surface area (Å²) >= 11 is 0. The van der Waals surface area contributed by atoms with Crippen molar-refractivity contribution in [3.8, 4) is 5.75 Å². The smallest absolute Gasteiger partial charge is 0.338 e. The van der Waals surface area contributed by atoms with Crippen molar-refractivity contribution in [2.24, 2.45) is 0 Å². The molecule has 1 aliphatic heterocycles. The van der Waals surface area contributed by atoms with Crippen LogP contribution in [0.3, 0.4) is 0 Å². The Morgan fingerprint density at radius 3 is 2.58 bits per heavy atom. The number of fused-ring (bicyclic) bond motifs is 1. The number of carbonyl (C=O) groups excluding carboxylic acids is 3.